The van der Waals surface area contributed by atoms with Crippen LogP contribution in [0.1, 0.15) is 13.8 Å². The Morgan fingerprint density at radius 2 is 2.16 bits per heavy atom. The minimum atomic E-state index is -0.896. The topological polar surface area (TPSA) is 64.6 Å². The number of anilines is 1. The molecule has 0 saturated carbocycles. The lowest BCUT2D eigenvalue weighted by molar-refractivity contribution is -0.157. The van der Waals surface area contributed by atoms with Gasteiger partial charge in [0.05, 0.1) is 0 Å². The molecule has 0 fully saturated rings. The van der Waals surface area contributed by atoms with Gasteiger partial charge in [0.1, 0.15) is 6.61 Å². The van der Waals surface area contributed by atoms with Gasteiger partial charge in [-0.05, 0) is 32.0 Å². The number of hydrogen-bond donors (Lipinski definition) is 1. The first-order valence-electron chi connectivity index (χ1n) is 5.86. The van der Waals surface area contributed by atoms with Crippen LogP contribution in [0.25, 0.3) is 0 Å². The molecule has 1 atom stereocenters. The molecule has 0 heterocycles. The van der Waals surface area contributed by atoms with E-state index in [2.05, 4.69) is 5.32 Å². The molecule has 0 aromatic heterocycles. The van der Waals surface area contributed by atoms with Gasteiger partial charge in [-0.1, -0.05) is 17.7 Å². The number of nitrogens with one attached hydrogen (secondary N) is 1. The van der Waals surface area contributed by atoms with Crippen molar-refractivity contribution in [3.63, 3.8) is 0 Å². The fourth-order valence-electron chi connectivity index (χ4n) is 1.28. The first-order valence-corrected chi connectivity index (χ1v) is 6.24. The third kappa shape index (κ3) is 5.72. The van der Waals surface area contributed by atoms with E-state index in [4.69, 9.17) is 21.1 Å². The molecular weight excluding hydrogens is 270 g/mol. The number of hydrogen-bond acceptors (Lipinski definition) is 4. The van der Waals surface area contributed by atoms with Crippen molar-refractivity contribution in [3.05, 3.63) is 29.3 Å². The Kier molecular flexibility index (Phi) is 6.32. The fraction of sp³-hybridized carbons (Fsp3) is 0.385. The quantitative estimate of drug-likeness (QED) is 0.814. The molecule has 5 nitrogen and oxygen atoms in total. The lowest BCUT2D eigenvalue weighted by Gasteiger charge is -2.13. The maximum Gasteiger partial charge on any atom is 0.332 e. The van der Waals surface area contributed by atoms with Gasteiger partial charge >= 0.3 is 5.97 Å². The average Bonchev–Trinajstić information content (AvgIpc) is 2.36. The number of carbonyl (C=O) groups excluding carboxylic acids is 2. The van der Waals surface area contributed by atoms with Gasteiger partial charge in [0.2, 0.25) is 0 Å². The molecule has 0 unspecified atom stereocenters. The predicted molar refractivity (Wildman–Crippen MR) is 72.1 cm³/mol. The average molecular weight is 286 g/mol. The molecule has 1 rings (SSSR count). The molecule has 0 spiro atoms. The highest BCUT2D eigenvalue weighted by Gasteiger charge is 2.17. The highest BCUT2D eigenvalue weighted by molar-refractivity contribution is 6.30. The Bertz CT molecular complexity index is 450. The summed E-state index contributed by atoms with van der Waals surface area (Å²) < 4.78 is 9.79. The van der Waals surface area contributed by atoms with Gasteiger partial charge in [0, 0.05) is 17.3 Å². The second-order valence-electron chi connectivity index (χ2n) is 3.77. The van der Waals surface area contributed by atoms with Crippen molar-refractivity contribution in [1.29, 1.82) is 0 Å². The third-order valence-electron chi connectivity index (χ3n) is 2.19. The molecule has 0 saturated heterocycles. The summed E-state index contributed by atoms with van der Waals surface area (Å²) in [5, 5.41) is 3.12. The van der Waals surface area contributed by atoms with Crippen LogP contribution < -0.4 is 5.32 Å². The van der Waals surface area contributed by atoms with E-state index in [-0.39, 0.29) is 6.61 Å². The monoisotopic (exact) mass is 285 g/mol. The van der Waals surface area contributed by atoms with Crippen molar-refractivity contribution < 1.29 is 19.1 Å². The standard InChI is InChI=1S/C13H16ClNO4/c1-3-18-8-12(16)19-9(2)13(17)15-11-6-4-5-10(14)7-11/h4-7,9H,3,8H2,1-2H3,(H,15,17)/t9-/m0/s1. The summed E-state index contributed by atoms with van der Waals surface area (Å²) in [5.41, 5.74) is 0.546. The smallest absolute Gasteiger partial charge is 0.332 e. The molecule has 1 aromatic rings. The molecule has 19 heavy (non-hydrogen) atoms. The van der Waals surface area contributed by atoms with Crippen molar-refractivity contribution >= 4 is 29.2 Å². The number of carbonyl (C=O) groups is 2. The molecule has 0 aliphatic rings. The molecular formula is C13H16ClNO4. The summed E-state index contributed by atoms with van der Waals surface area (Å²) in [6.07, 6.45) is -0.896. The van der Waals surface area contributed by atoms with Crippen LogP contribution in [0, 0.1) is 0 Å². The Labute approximate surface area is 116 Å². The molecule has 0 aliphatic carbocycles. The second kappa shape index (κ2) is 7.76. The Hall–Kier alpha value is -1.59. The SMILES string of the molecule is CCOCC(=O)O[C@@H](C)C(=O)Nc1cccc(Cl)c1. The van der Waals surface area contributed by atoms with E-state index >= 15 is 0 Å². The Morgan fingerprint density at radius 3 is 2.79 bits per heavy atom. The van der Waals surface area contributed by atoms with E-state index in [1.807, 2.05) is 0 Å². The van der Waals surface area contributed by atoms with E-state index in [1.165, 1.54) is 6.92 Å². The van der Waals surface area contributed by atoms with E-state index in [0.717, 1.165) is 0 Å². The normalized spacial score (nSPS) is 11.7. The first-order chi connectivity index (χ1) is 9.02. The molecule has 1 aromatic carbocycles. The molecule has 0 bridgehead atoms. The number of halogens is 1. The summed E-state index contributed by atoms with van der Waals surface area (Å²) in [5.74, 6) is -0.997. The zero-order valence-electron chi connectivity index (χ0n) is 10.8. The minimum absolute atomic E-state index is 0.161. The molecule has 0 aliphatic heterocycles. The fourth-order valence-corrected chi connectivity index (χ4v) is 1.47. The van der Waals surface area contributed by atoms with E-state index < -0.39 is 18.0 Å². The summed E-state index contributed by atoms with van der Waals surface area (Å²) in [6, 6.07) is 6.71. The zero-order chi connectivity index (χ0) is 14.3. The minimum Gasteiger partial charge on any atom is -0.451 e. The largest absolute Gasteiger partial charge is 0.451 e. The lowest BCUT2D eigenvalue weighted by Crippen LogP contribution is -2.31. The Morgan fingerprint density at radius 1 is 1.42 bits per heavy atom. The van der Waals surface area contributed by atoms with Gasteiger partial charge in [0.15, 0.2) is 6.10 Å². The van der Waals surface area contributed by atoms with E-state index in [9.17, 15) is 9.59 Å². The van der Waals surface area contributed by atoms with Crippen molar-refractivity contribution in [2.75, 3.05) is 18.5 Å². The predicted octanol–water partition coefficient (Wildman–Crippen LogP) is 2.25. The van der Waals surface area contributed by atoms with Crippen LogP contribution in [-0.2, 0) is 19.1 Å². The lowest BCUT2D eigenvalue weighted by atomic mass is 10.3. The summed E-state index contributed by atoms with van der Waals surface area (Å²) in [7, 11) is 0. The van der Waals surface area contributed by atoms with Gasteiger partial charge in [-0.25, -0.2) is 4.79 Å². The Balaban J connectivity index is 2.46. The number of esters is 1. The number of benzene rings is 1. The molecule has 104 valence electrons. The molecule has 6 heteroatoms. The highest BCUT2D eigenvalue weighted by Crippen LogP contribution is 2.15. The second-order valence-corrected chi connectivity index (χ2v) is 4.21. The molecule has 1 amide bonds. The molecule has 1 N–H and O–H groups in total. The maximum absolute atomic E-state index is 11.8. The first kappa shape index (κ1) is 15.5. The van der Waals surface area contributed by atoms with E-state index in [0.29, 0.717) is 17.3 Å². The number of ether oxygens (including phenoxy) is 2. The van der Waals surface area contributed by atoms with Crippen LogP contribution in [0.2, 0.25) is 5.02 Å². The van der Waals surface area contributed by atoms with E-state index in [1.54, 1.807) is 31.2 Å². The maximum atomic E-state index is 11.8. The van der Waals surface area contributed by atoms with Crippen molar-refractivity contribution in [1.82, 2.24) is 0 Å². The van der Waals surface area contributed by atoms with Crippen molar-refractivity contribution in [2.45, 2.75) is 20.0 Å². The van der Waals surface area contributed by atoms with Gasteiger partial charge in [-0.2, -0.15) is 0 Å². The van der Waals surface area contributed by atoms with Gasteiger partial charge in [-0.15, -0.1) is 0 Å². The summed E-state index contributed by atoms with van der Waals surface area (Å²) in [6.45, 7) is 3.51. The van der Waals surface area contributed by atoms with Crippen LogP contribution in [-0.4, -0.2) is 31.2 Å². The van der Waals surface area contributed by atoms with Crippen molar-refractivity contribution in [2.24, 2.45) is 0 Å². The summed E-state index contributed by atoms with van der Waals surface area (Å²) in [4.78, 5) is 23.0. The van der Waals surface area contributed by atoms with Crippen LogP contribution in [0.3, 0.4) is 0 Å². The van der Waals surface area contributed by atoms with Crippen molar-refractivity contribution in [3.8, 4) is 0 Å². The molecule has 0 radical (unpaired) electrons. The zero-order valence-corrected chi connectivity index (χ0v) is 11.6. The highest BCUT2D eigenvalue weighted by atomic mass is 35.5. The van der Waals surface area contributed by atoms with Gasteiger partial charge < -0.3 is 14.8 Å². The van der Waals surface area contributed by atoms with Crippen LogP contribution in [0.15, 0.2) is 24.3 Å². The van der Waals surface area contributed by atoms with Crippen LogP contribution >= 0.6 is 11.6 Å². The summed E-state index contributed by atoms with van der Waals surface area (Å²) >= 11 is 5.80. The van der Waals surface area contributed by atoms with Crippen LogP contribution in [0.4, 0.5) is 5.69 Å². The number of rotatable bonds is 6. The van der Waals surface area contributed by atoms with Gasteiger partial charge in [-0.3, -0.25) is 4.79 Å². The van der Waals surface area contributed by atoms with Crippen LogP contribution in [0.5, 0.6) is 0 Å². The van der Waals surface area contributed by atoms with Gasteiger partial charge in [0.25, 0.3) is 5.91 Å². The third-order valence-corrected chi connectivity index (χ3v) is 2.43. The number of amides is 1.